The minimum absolute atomic E-state index is 0.129. The Labute approximate surface area is 81.5 Å². The average molecular weight is 186 g/mol. The number of benzene rings is 1. The molecular formula is C11H10N2O. The zero-order chi connectivity index (χ0) is 9.97. The minimum atomic E-state index is -0.129. The molecule has 0 fully saturated rings. The molecule has 2 rings (SSSR count). The molecule has 0 spiro atoms. The number of hydrogen-bond donors (Lipinski definition) is 1. The van der Waals surface area contributed by atoms with Crippen molar-refractivity contribution >= 4 is 0 Å². The monoisotopic (exact) mass is 186 g/mol. The maximum absolute atomic E-state index is 11.0. The van der Waals surface area contributed by atoms with Crippen molar-refractivity contribution in [2.24, 2.45) is 0 Å². The number of nitrogens with one attached hydrogen (secondary N) is 1. The molecule has 0 aliphatic heterocycles. The van der Waals surface area contributed by atoms with Gasteiger partial charge in [0.1, 0.15) is 5.82 Å². The first kappa shape index (κ1) is 8.69. The molecule has 0 amide bonds. The number of aryl methyl sites for hydroxylation is 1. The predicted octanol–water partition coefficient (Wildman–Crippen LogP) is 1.75. The molecule has 1 N–H and O–H groups in total. The lowest BCUT2D eigenvalue weighted by Gasteiger charge is -1.99. The molecule has 3 nitrogen and oxygen atoms in total. The van der Waals surface area contributed by atoms with Gasteiger partial charge in [0.25, 0.3) is 5.56 Å². The molecule has 3 heteroatoms. The molecule has 0 saturated heterocycles. The van der Waals surface area contributed by atoms with Crippen molar-refractivity contribution < 1.29 is 0 Å². The Morgan fingerprint density at radius 2 is 1.86 bits per heavy atom. The van der Waals surface area contributed by atoms with Crippen molar-refractivity contribution in [1.29, 1.82) is 0 Å². The smallest absolute Gasteiger partial charge is 0.251 e. The highest BCUT2D eigenvalue weighted by Gasteiger charge is 1.98. The lowest BCUT2D eigenvalue weighted by Crippen LogP contribution is -2.05. The molecular weight excluding hydrogens is 176 g/mol. The first-order valence-electron chi connectivity index (χ1n) is 4.38. The molecule has 0 saturated carbocycles. The first-order chi connectivity index (χ1) is 6.75. The Kier molecular flexibility index (Phi) is 2.14. The van der Waals surface area contributed by atoms with E-state index in [1.165, 1.54) is 17.8 Å². The molecule has 70 valence electrons. The summed E-state index contributed by atoms with van der Waals surface area (Å²) in [7, 11) is 0. The number of H-pyrrole nitrogens is 1. The first-order valence-corrected chi connectivity index (χ1v) is 4.38. The molecule has 0 bridgehead atoms. The third kappa shape index (κ3) is 1.71. The van der Waals surface area contributed by atoms with E-state index in [0.717, 1.165) is 5.56 Å². The van der Waals surface area contributed by atoms with Gasteiger partial charge in [0.2, 0.25) is 0 Å². The molecule has 0 aliphatic carbocycles. The van der Waals surface area contributed by atoms with Gasteiger partial charge >= 0.3 is 0 Å². The minimum Gasteiger partial charge on any atom is -0.307 e. The van der Waals surface area contributed by atoms with E-state index in [2.05, 4.69) is 9.97 Å². The summed E-state index contributed by atoms with van der Waals surface area (Å²) in [6.45, 7) is 2.02. The zero-order valence-corrected chi connectivity index (χ0v) is 7.82. The average Bonchev–Trinajstić information content (AvgIpc) is 2.19. The third-order valence-electron chi connectivity index (χ3n) is 2.00. The molecule has 1 heterocycles. The van der Waals surface area contributed by atoms with Gasteiger partial charge in [0.15, 0.2) is 0 Å². The number of nitrogens with zero attached hydrogens (tertiary/aromatic N) is 1. The van der Waals surface area contributed by atoms with Crippen LogP contribution in [0.4, 0.5) is 0 Å². The fraction of sp³-hybridized carbons (Fsp3) is 0.0909. The molecule has 1 aromatic carbocycles. The van der Waals surface area contributed by atoms with Gasteiger partial charge in [0.05, 0.1) is 0 Å². The zero-order valence-electron chi connectivity index (χ0n) is 7.82. The van der Waals surface area contributed by atoms with Crippen molar-refractivity contribution in [2.75, 3.05) is 0 Å². The van der Waals surface area contributed by atoms with Crippen molar-refractivity contribution in [3.8, 4) is 11.4 Å². The van der Waals surface area contributed by atoms with Gasteiger partial charge < -0.3 is 4.98 Å². The van der Waals surface area contributed by atoms with Gasteiger partial charge in [-0.2, -0.15) is 0 Å². The van der Waals surface area contributed by atoms with E-state index in [1.807, 2.05) is 31.2 Å². The summed E-state index contributed by atoms with van der Waals surface area (Å²) >= 11 is 0. The van der Waals surface area contributed by atoms with E-state index in [1.54, 1.807) is 0 Å². The lowest BCUT2D eigenvalue weighted by atomic mass is 10.1. The Morgan fingerprint density at radius 3 is 2.50 bits per heavy atom. The van der Waals surface area contributed by atoms with Crippen LogP contribution in [0.1, 0.15) is 5.56 Å². The van der Waals surface area contributed by atoms with Crippen LogP contribution in [0.15, 0.2) is 41.3 Å². The van der Waals surface area contributed by atoms with Crippen LogP contribution in [-0.2, 0) is 0 Å². The second kappa shape index (κ2) is 3.46. The molecule has 0 aliphatic rings. The molecule has 2 aromatic rings. The molecule has 0 radical (unpaired) electrons. The topological polar surface area (TPSA) is 45.8 Å². The van der Waals surface area contributed by atoms with Gasteiger partial charge in [-0.05, 0) is 6.92 Å². The Morgan fingerprint density at radius 1 is 1.14 bits per heavy atom. The third-order valence-corrected chi connectivity index (χ3v) is 2.00. The SMILES string of the molecule is Cc1ccc(-c2nccc(=O)[nH]2)cc1. The normalized spacial score (nSPS) is 10.1. The highest BCUT2D eigenvalue weighted by Crippen LogP contribution is 2.12. The van der Waals surface area contributed by atoms with Crippen LogP contribution in [0, 0.1) is 6.92 Å². The van der Waals surface area contributed by atoms with Crippen LogP contribution < -0.4 is 5.56 Å². The van der Waals surface area contributed by atoms with Gasteiger partial charge in [0, 0.05) is 17.8 Å². The standard InChI is InChI=1S/C11H10N2O/c1-8-2-4-9(5-3-8)11-12-7-6-10(14)13-11/h2-7H,1H3,(H,12,13,14). The second-order valence-electron chi connectivity index (χ2n) is 3.15. The van der Waals surface area contributed by atoms with E-state index >= 15 is 0 Å². The van der Waals surface area contributed by atoms with Crippen LogP contribution in [0.5, 0.6) is 0 Å². The van der Waals surface area contributed by atoms with E-state index in [-0.39, 0.29) is 5.56 Å². The van der Waals surface area contributed by atoms with E-state index < -0.39 is 0 Å². The summed E-state index contributed by atoms with van der Waals surface area (Å²) in [5.41, 5.74) is 1.98. The molecule has 0 atom stereocenters. The maximum atomic E-state index is 11.0. The van der Waals surface area contributed by atoms with Crippen LogP contribution in [0.25, 0.3) is 11.4 Å². The summed E-state index contributed by atoms with van der Waals surface area (Å²) < 4.78 is 0. The second-order valence-corrected chi connectivity index (χ2v) is 3.15. The van der Waals surface area contributed by atoms with Gasteiger partial charge in [-0.3, -0.25) is 4.79 Å². The van der Waals surface area contributed by atoms with Crippen molar-refractivity contribution in [3.63, 3.8) is 0 Å². The number of rotatable bonds is 1. The highest BCUT2D eigenvalue weighted by molar-refractivity contribution is 5.54. The fourth-order valence-electron chi connectivity index (χ4n) is 1.23. The number of aromatic amines is 1. The van der Waals surface area contributed by atoms with Crippen LogP contribution in [0.2, 0.25) is 0 Å². The predicted molar refractivity (Wildman–Crippen MR) is 55.0 cm³/mol. The van der Waals surface area contributed by atoms with Crippen molar-refractivity contribution in [2.45, 2.75) is 6.92 Å². The van der Waals surface area contributed by atoms with E-state index in [4.69, 9.17) is 0 Å². The molecule has 0 unspecified atom stereocenters. The largest absolute Gasteiger partial charge is 0.307 e. The maximum Gasteiger partial charge on any atom is 0.251 e. The summed E-state index contributed by atoms with van der Waals surface area (Å²) in [5.74, 6) is 0.609. The van der Waals surface area contributed by atoms with Gasteiger partial charge in [-0.1, -0.05) is 29.8 Å². The van der Waals surface area contributed by atoms with E-state index in [9.17, 15) is 4.79 Å². The quantitative estimate of drug-likeness (QED) is 0.737. The Balaban J connectivity index is 2.50. The Bertz CT molecular complexity index is 485. The Hall–Kier alpha value is -1.90. The van der Waals surface area contributed by atoms with Crippen molar-refractivity contribution in [3.05, 3.63) is 52.4 Å². The van der Waals surface area contributed by atoms with Crippen molar-refractivity contribution in [1.82, 2.24) is 9.97 Å². The summed E-state index contributed by atoms with van der Waals surface area (Å²) in [6.07, 6.45) is 1.51. The lowest BCUT2D eigenvalue weighted by molar-refractivity contribution is 1.13. The number of hydrogen-bond acceptors (Lipinski definition) is 2. The summed E-state index contributed by atoms with van der Waals surface area (Å²) in [5, 5.41) is 0. The summed E-state index contributed by atoms with van der Waals surface area (Å²) in [4.78, 5) is 17.8. The fourth-order valence-corrected chi connectivity index (χ4v) is 1.23. The van der Waals surface area contributed by atoms with Gasteiger partial charge in [-0.25, -0.2) is 4.98 Å². The van der Waals surface area contributed by atoms with Crippen LogP contribution in [-0.4, -0.2) is 9.97 Å². The van der Waals surface area contributed by atoms with Gasteiger partial charge in [-0.15, -0.1) is 0 Å². The summed E-state index contributed by atoms with van der Waals surface area (Å²) in [6, 6.07) is 9.25. The number of aromatic nitrogens is 2. The van der Waals surface area contributed by atoms with Crippen LogP contribution in [0.3, 0.4) is 0 Å². The molecule has 14 heavy (non-hydrogen) atoms. The molecule has 1 aromatic heterocycles. The van der Waals surface area contributed by atoms with Crippen LogP contribution >= 0.6 is 0 Å². The highest BCUT2D eigenvalue weighted by atomic mass is 16.1. The van der Waals surface area contributed by atoms with E-state index in [0.29, 0.717) is 5.82 Å².